The molecule has 3 rings (SSSR count). The van der Waals surface area contributed by atoms with Gasteiger partial charge in [-0.2, -0.15) is 0 Å². The minimum atomic E-state index is 0.745. The molecular weight excluding hydrogens is 308 g/mol. The summed E-state index contributed by atoms with van der Waals surface area (Å²) in [5.41, 5.74) is 1.14. The molecule has 0 saturated heterocycles. The number of benzene rings is 2. The van der Waals surface area contributed by atoms with Gasteiger partial charge in [0.15, 0.2) is 0 Å². The lowest BCUT2D eigenvalue weighted by atomic mass is 10.2. The molecule has 0 radical (unpaired) electrons. The third-order valence-corrected chi connectivity index (χ3v) is 4.57. The van der Waals surface area contributed by atoms with Crippen molar-refractivity contribution in [3.8, 4) is 10.6 Å². The molecule has 0 fully saturated rings. The first-order valence-corrected chi connectivity index (χ1v) is 8.08. The van der Waals surface area contributed by atoms with Crippen LogP contribution in [0.2, 0.25) is 5.02 Å². The Bertz CT molecular complexity index is 681. The van der Waals surface area contributed by atoms with E-state index in [9.17, 15) is 0 Å². The summed E-state index contributed by atoms with van der Waals surface area (Å²) in [5.74, 6) is 0.869. The molecule has 3 aromatic rings. The molecule has 0 unspecified atom stereocenters. The van der Waals surface area contributed by atoms with E-state index in [0.717, 1.165) is 26.3 Å². The van der Waals surface area contributed by atoms with E-state index in [0.29, 0.717) is 0 Å². The summed E-state index contributed by atoms with van der Waals surface area (Å²) in [6.07, 6.45) is 0. The maximum absolute atomic E-state index is 5.86. The molecule has 0 aliphatic rings. The van der Waals surface area contributed by atoms with E-state index in [1.165, 1.54) is 11.9 Å². The van der Waals surface area contributed by atoms with Crippen molar-refractivity contribution in [2.24, 2.45) is 0 Å². The zero-order valence-corrected chi connectivity index (χ0v) is 12.8. The van der Waals surface area contributed by atoms with E-state index in [2.05, 4.69) is 21.8 Å². The summed E-state index contributed by atoms with van der Waals surface area (Å²) in [5, 5.41) is 3.78. The fourth-order valence-electron chi connectivity index (χ4n) is 1.65. The lowest BCUT2D eigenvalue weighted by molar-refractivity contribution is 1.40. The fourth-order valence-corrected chi connectivity index (χ4v) is 3.21. The second-order valence-corrected chi connectivity index (χ2v) is 6.24. The van der Waals surface area contributed by atoms with E-state index < -0.39 is 0 Å². The van der Waals surface area contributed by atoms with Crippen molar-refractivity contribution >= 4 is 40.7 Å². The fraction of sp³-hybridized carbons (Fsp3) is 0. The standard InChI is InChI=1S/C15H11ClN2S2/c16-12-6-8-13(9-7-12)20-18-14-10-19-15(17-14)11-4-2-1-3-5-11/h1-10,18H. The Morgan fingerprint density at radius 1 is 1.00 bits per heavy atom. The molecule has 0 saturated carbocycles. The van der Waals surface area contributed by atoms with Gasteiger partial charge in [0.25, 0.3) is 0 Å². The van der Waals surface area contributed by atoms with Crippen LogP contribution in [0.3, 0.4) is 0 Å². The smallest absolute Gasteiger partial charge is 0.147 e. The van der Waals surface area contributed by atoms with Crippen LogP contribution in [0.25, 0.3) is 10.6 Å². The van der Waals surface area contributed by atoms with Crippen molar-refractivity contribution in [2.45, 2.75) is 4.90 Å². The zero-order chi connectivity index (χ0) is 13.8. The molecule has 1 aromatic heterocycles. The van der Waals surface area contributed by atoms with Crippen molar-refractivity contribution in [2.75, 3.05) is 4.72 Å². The first kappa shape index (κ1) is 13.5. The average molecular weight is 319 g/mol. The molecule has 2 aromatic carbocycles. The van der Waals surface area contributed by atoms with Gasteiger partial charge in [-0.05, 0) is 36.2 Å². The number of hydrogen-bond acceptors (Lipinski definition) is 4. The van der Waals surface area contributed by atoms with Crippen molar-refractivity contribution in [1.29, 1.82) is 0 Å². The third-order valence-electron chi connectivity index (χ3n) is 2.61. The summed E-state index contributed by atoms with van der Waals surface area (Å²) in [7, 11) is 0. The van der Waals surface area contributed by atoms with Crippen LogP contribution in [0.15, 0.2) is 64.9 Å². The Hall–Kier alpha value is -1.49. The molecule has 0 spiro atoms. The minimum Gasteiger partial charge on any atom is -0.310 e. The molecule has 1 heterocycles. The van der Waals surface area contributed by atoms with Crippen LogP contribution in [0.4, 0.5) is 5.82 Å². The van der Waals surface area contributed by atoms with Gasteiger partial charge in [0.05, 0.1) is 0 Å². The van der Waals surface area contributed by atoms with Crippen LogP contribution in [-0.4, -0.2) is 4.98 Å². The van der Waals surface area contributed by atoms with Crippen LogP contribution < -0.4 is 4.72 Å². The van der Waals surface area contributed by atoms with E-state index in [-0.39, 0.29) is 0 Å². The minimum absolute atomic E-state index is 0.745. The van der Waals surface area contributed by atoms with Gasteiger partial charge in [-0.1, -0.05) is 41.9 Å². The number of thiazole rings is 1. The molecule has 5 heteroatoms. The molecule has 0 amide bonds. The maximum Gasteiger partial charge on any atom is 0.147 e. The van der Waals surface area contributed by atoms with Gasteiger partial charge < -0.3 is 4.72 Å². The second kappa shape index (κ2) is 6.31. The molecule has 2 nitrogen and oxygen atoms in total. The van der Waals surface area contributed by atoms with Crippen molar-refractivity contribution in [3.05, 3.63) is 65.0 Å². The van der Waals surface area contributed by atoms with E-state index in [1.54, 1.807) is 11.3 Å². The topological polar surface area (TPSA) is 24.9 Å². The average Bonchev–Trinajstić information content (AvgIpc) is 2.97. The third kappa shape index (κ3) is 3.33. The lowest BCUT2D eigenvalue weighted by Crippen LogP contribution is -1.86. The first-order valence-electron chi connectivity index (χ1n) is 6.00. The monoisotopic (exact) mass is 318 g/mol. The SMILES string of the molecule is Clc1ccc(SNc2csc(-c3ccccc3)n2)cc1. The van der Waals surface area contributed by atoms with Gasteiger partial charge in [-0.15, -0.1) is 11.3 Å². The highest BCUT2D eigenvalue weighted by Crippen LogP contribution is 2.28. The number of rotatable bonds is 4. The predicted molar refractivity (Wildman–Crippen MR) is 88.5 cm³/mol. The van der Waals surface area contributed by atoms with Crippen LogP contribution in [0, 0.1) is 0 Å². The van der Waals surface area contributed by atoms with Gasteiger partial charge in [0.2, 0.25) is 0 Å². The molecule has 0 aliphatic carbocycles. The van der Waals surface area contributed by atoms with Crippen LogP contribution in [0.5, 0.6) is 0 Å². The maximum atomic E-state index is 5.86. The molecule has 20 heavy (non-hydrogen) atoms. The number of halogens is 1. The molecule has 1 N–H and O–H groups in total. The normalized spacial score (nSPS) is 10.4. The molecule has 0 bridgehead atoms. The van der Waals surface area contributed by atoms with Gasteiger partial charge >= 0.3 is 0 Å². The van der Waals surface area contributed by atoms with Crippen molar-refractivity contribution < 1.29 is 0 Å². The van der Waals surface area contributed by atoms with Crippen LogP contribution >= 0.6 is 34.9 Å². The number of anilines is 1. The highest BCUT2D eigenvalue weighted by molar-refractivity contribution is 8.00. The first-order chi connectivity index (χ1) is 9.81. The highest BCUT2D eigenvalue weighted by Gasteiger charge is 2.04. The lowest BCUT2D eigenvalue weighted by Gasteiger charge is -2.01. The van der Waals surface area contributed by atoms with Crippen molar-refractivity contribution in [3.63, 3.8) is 0 Å². The molecule has 100 valence electrons. The highest BCUT2D eigenvalue weighted by atomic mass is 35.5. The van der Waals surface area contributed by atoms with Gasteiger partial charge in [-0.25, -0.2) is 4.98 Å². The van der Waals surface area contributed by atoms with E-state index >= 15 is 0 Å². The number of nitrogens with one attached hydrogen (secondary N) is 1. The van der Waals surface area contributed by atoms with Gasteiger partial charge in [0, 0.05) is 20.9 Å². The largest absolute Gasteiger partial charge is 0.310 e. The summed E-state index contributed by atoms with van der Waals surface area (Å²) < 4.78 is 3.24. The number of aromatic nitrogens is 1. The molecule has 0 aliphatic heterocycles. The number of hydrogen-bond donors (Lipinski definition) is 1. The number of nitrogens with zero attached hydrogens (tertiary/aromatic N) is 1. The Kier molecular flexibility index (Phi) is 4.25. The van der Waals surface area contributed by atoms with Crippen molar-refractivity contribution in [1.82, 2.24) is 4.98 Å². The Balaban J connectivity index is 1.67. The molecule has 0 atom stereocenters. The summed E-state index contributed by atoms with van der Waals surface area (Å²) >= 11 is 9.02. The Morgan fingerprint density at radius 3 is 2.50 bits per heavy atom. The van der Waals surface area contributed by atoms with E-state index in [1.807, 2.05) is 47.8 Å². The van der Waals surface area contributed by atoms with Crippen LogP contribution in [0.1, 0.15) is 0 Å². The van der Waals surface area contributed by atoms with Gasteiger partial charge in [-0.3, -0.25) is 0 Å². The Labute approximate surface area is 131 Å². The quantitative estimate of drug-likeness (QED) is 0.635. The second-order valence-electron chi connectivity index (χ2n) is 4.06. The Morgan fingerprint density at radius 2 is 1.75 bits per heavy atom. The molecular formula is C15H11ClN2S2. The summed E-state index contributed by atoms with van der Waals surface area (Å²) in [6, 6.07) is 17.9. The van der Waals surface area contributed by atoms with Gasteiger partial charge in [0.1, 0.15) is 10.8 Å². The summed E-state index contributed by atoms with van der Waals surface area (Å²) in [6.45, 7) is 0. The summed E-state index contributed by atoms with van der Waals surface area (Å²) in [4.78, 5) is 5.67. The van der Waals surface area contributed by atoms with Crippen LogP contribution in [-0.2, 0) is 0 Å². The van der Waals surface area contributed by atoms with E-state index in [4.69, 9.17) is 11.6 Å². The zero-order valence-electron chi connectivity index (χ0n) is 10.4. The predicted octanol–water partition coefficient (Wildman–Crippen LogP) is 5.58.